The fourth-order valence-corrected chi connectivity index (χ4v) is 3.00. The number of alkyl halides is 3. The van der Waals surface area contributed by atoms with Gasteiger partial charge in [-0.2, -0.15) is 13.2 Å². The molecule has 1 heterocycles. The zero-order valence-corrected chi connectivity index (χ0v) is 13.6. The largest absolute Gasteiger partial charge is 0.453 e. The van der Waals surface area contributed by atoms with Gasteiger partial charge >= 0.3 is 6.18 Å². The number of hydrogen-bond acceptors (Lipinski definition) is 4. The highest BCUT2D eigenvalue weighted by Crippen LogP contribution is 2.49. The normalized spacial score (nSPS) is 17.5. The molecule has 4 nitrogen and oxygen atoms in total. The van der Waals surface area contributed by atoms with Crippen molar-refractivity contribution in [1.82, 2.24) is 0 Å². The molecule has 0 saturated heterocycles. The van der Waals surface area contributed by atoms with Crippen LogP contribution in [0.1, 0.15) is 25.8 Å². The van der Waals surface area contributed by atoms with Gasteiger partial charge in [0.25, 0.3) is 0 Å². The molecule has 0 fully saturated rings. The van der Waals surface area contributed by atoms with E-state index in [0.29, 0.717) is 21.5 Å². The standard InChI is InChI=1S/C14H16BrF3O4/c1-12(2,5-13(20,6-19)14(16,17)18)8-3-4-9(15)11-10(8)21-7-22-11/h3-4,19-20H,5-7H2,1-2H3. The van der Waals surface area contributed by atoms with Crippen molar-refractivity contribution in [3.63, 3.8) is 0 Å². The molecule has 1 aliphatic heterocycles. The number of aliphatic hydroxyl groups is 2. The van der Waals surface area contributed by atoms with E-state index in [1.807, 2.05) is 0 Å². The predicted octanol–water partition coefficient (Wildman–Crippen LogP) is 3.13. The maximum absolute atomic E-state index is 13.0. The van der Waals surface area contributed by atoms with E-state index >= 15 is 0 Å². The van der Waals surface area contributed by atoms with E-state index in [0.717, 1.165) is 0 Å². The molecular formula is C14H16BrF3O4. The Morgan fingerprint density at radius 3 is 2.32 bits per heavy atom. The van der Waals surface area contributed by atoms with Gasteiger partial charge in [-0.25, -0.2) is 0 Å². The Labute approximate surface area is 134 Å². The number of rotatable bonds is 4. The summed E-state index contributed by atoms with van der Waals surface area (Å²) in [5, 5.41) is 18.8. The third-order valence-corrected chi connectivity index (χ3v) is 4.35. The van der Waals surface area contributed by atoms with Crippen LogP contribution in [0.5, 0.6) is 11.5 Å². The number of halogens is 4. The highest BCUT2D eigenvalue weighted by Gasteiger charge is 2.56. The Kier molecular flexibility index (Phi) is 4.40. The Balaban J connectivity index is 2.42. The monoisotopic (exact) mass is 384 g/mol. The number of hydrogen-bond donors (Lipinski definition) is 2. The van der Waals surface area contributed by atoms with Crippen molar-refractivity contribution in [3.05, 3.63) is 22.2 Å². The lowest BCUT2D eigenvalue weighted by molar-refractivity contribution is -0.277. The van der Waals surface area contributed by atoms with Crippen LogP contribution in [0.2, 0.25) is 0 Å². The van der Waals surface area contributed by atoms with E-state index in [2.05, 4.69) is 15.9 Å². The third-order valence-electron chi connectivity index (χ3n) is 3.72. The Bertz CT molecular complexity index is 574. The molecule has 8 heteroatoms. The van der Waals surface area contributed by atoms with E-state index in [9.17, 15) is 18.3 Å². The average molecular weight is 385 g/mol. The molecule has 2 rings (SSSR count). The van der Waals surface area contributed by atoms with Crippen LogP contribution < -0.4 is 9.47 Å². The van der Waals surface area contributed by atoms with Gasteiger partial charge in [-0.1, -0.05) is 19.9 Å². The maximum Gasteiger partial charge on any atom is 0.419 e. The van der Waals surface area contributed by atoms with Crippen molar-refractivity contribution in [3.8, 4) is 11.5 Å². The number of benzene rings is 1. The lowest BCUT2D eigenvalue weighted by Gasteiger charge is -2.37. The van der Waals surface area contributed by atoms with Gasteiger partial charge in [-0.3, -0.25) is 0 Å². The summed E-state index contributed by atoms with van der Waals surface area (Å²) in [5.41, 5.74) is -3.82. The van der Waals surface area contributed by atoms with E-state index in [1.54, 1.807) is 26.0 Å². The van der Waals surface area contributed by atoms with Crippen LogP contribution in [0.15, 0.2) is 16.6 Å². The molecule has 1 aliphatic rings. The maximum atomic E-state index is 13.0. The van der Waals surface area contributed by atoms with Crippen LogP contribution in [-0.4, -0.2) is 35.4 Å². The quantitative estimate of drug-likeness (QED) is 0.837. The zero-order valence-electron chi connectivity index (χ0n) is 12.0. The molecule has 1 unspecified atom stereocenters. The van der Waals surface area contributed by atoms with Crippen molar-refractivity contribution in [2.75, 3.05) is 13.4 Å². The third kappa shape index (κ3) is 2.91. The Hall–Kier alpha value is -0.990. The van der Waals surface area contributed by atoms with Crippen molar-refractivity contribution in [2.45, 2.75) is 37.5 Å². The highest BCUT2D eigenvalue weighted by atomic mass is 79.9. The van der Waals surface area contributed by atoms with Crippen LogP contribution in [0.25, 0.3) is 0 Å². The van der Waals surface area contributed by atoms with Crippen molar-refractivity contribution < 1.29 is 32.9 Å². The minimum atomic E-state index is -4.94. The number of fused-ring (bicyclic) bond motifs is 1. The van der Waals surface area contributed by atoms with Gasteiger partial charge in [0.1, 0.15) is 0 Å². The second kappa shape index (κ2) is 5.58. The second-order valence-corrected chi connectivity index (χ2v) is 6.76. The van der Waals surface area contributed by atoms with Crippen molar-refractivity contribution in [1.29, 1.82) is 0 Å². The van der Waals surface area contributed by atoms with Gasteiger partial charge < -0.3 is 19.7 Å². The van der Waals surface area contributed by atoms with Crippen LogP contribution in [0.3, 0.4) is 0 Å². The van der Waals surface area contributed by atoms with Crippen molar-refractivity contribution >= 4 is 15.9 Å². The van der Waals surface area contributed by atoms with E-state index in [1.165, 1.54) is 0 Å². The molecule has 2 N–H and O–H groups in total. The molecule has 0 bridgehead atoms. The predicted molar refractivity (Wildman–Crippen MR) is 76.0 cm³/mol. The Morgan fingerprint density at radius 1 is 1.18 bits per heavy atom. The summed E-state index contributed by atoms with van der Waals surface area (Å²) >= 11 is 3.28. The molecule has 0 aromatic heterocycles. The highest BCUT2D eigenvalue weighted by molar-refractivity contribution is 9.10. The van der Waals surface area contributed by atoms with Gasteiger partial charge in [0, 0.05) is 5.56 Å². The molecule has 0 amide bonds. The lowest BCUT2D eigenvalue weighted by atomic mass is 9.74. The van der Waals surface area contributed by atoms with Gasteiger partial charge in [-0.15, -0.1) is 0 Å². The molecule has 1 atom stereocenters. The minimum absolute atomic E-state index is 0.0232. The Morgan fingerprint density at radius 2 is 1.77 bits per heavy atom. The average Bonchev–Trinajstić information content (AvgIpc) is 2.86. The first-order valence-corrected chi connectivity index (χ1v) is 7.30. The smallest absolute Gasteiger partial charge is 0.419 e. The zero-order chi connectivity index (χ0) is 16.8. The first kappa shape index (κ1) is 17.4. The summed E-state index contributed by atoms with van der Waals surface area (Å²) in [6.07, 6.45) is -5.65. The first-order valence-electron chi connectivity index (χ1n) is 6.50. The lowest BCUT2D eigenvalue weighted by Crippen LogP contribution is -2.52. The molecule has 0 spiro atoms. The van der Waals surface area contributed by atoms with E-state index < -0.39 is 30.2 Å². The summed E-state index contributed by atoms with van der Waals surface area (Å²) in [6, 6.07) is 3.27. The van der Waals surface area contributed by atoms with Crippen molar-refractivity contribution in [2.24, 2.45) is 0 Å². The molecule has 0 radical (unpaired) electrons. The molecule has 0 saturated carbocycles. The molecule has 0 aliphatic carbocycles. The van der Waals surface area contributed by atoms with E-state index in [4.69, 9.17) is 14.6 Å². The van der Waals surface area contributed by atoms with Gasteiger partial charge in [-0.05, 0) is 33.8 Å². The van der Waals surface area contributed by atoms with Gasteiger partial charge in [0.2, 0.25) is 6.79 Å². The first-order chi connectivity index (χ1) is 10.0. The van der Waals surface area contributed by atoms with Gasteiger partial charge in [0.05, 0.1) is 11.1 Å². The fourth-order valence-electron chi connectivity index (χ4n) is 2.57. The number of ether oxygens (including phenoxy) is 2. The van der Waals surface area contributed by atoms with Crippen LogP contribution >= 0.6 is 15.9 Å². The molecule has 124 valence electrons. The molecule has 1 aromatic rings. The summed E-state index contributed by atoms with van der Waals surface area (Å²) in [7, 11) is 0. The molecule has 1 aromatic carbocycles. The topological polar surface area (TPSA) is 58.9 Å². The molecule has 22 heavy (non-hydrogen) atoms. The summed E-state index contributed by atoms with van der Waals surface area (Å²) < 4.78 is 50.3. The summed E-state index contributed by atoms with van der Waals surface area (Å²) in [6.45, 7) is 1.66. The van der Waals surface area contributed by atoms with Crippen LogP contribution in [0.4, 0.5) is 13.2 Å². The SMILES string of the molecule is CC(C)(CC(O)(CO)C(F)(F)F)c1ccc(Br)c2c1OCO2. The summed E-state index contributed by atoms with van der Waals surface area (Å²) in [5.74, 6) is 0.770. The van der Waals surface area contributed by atoms with Crippen LogP contribution in [-0.2, 0) is 5.41 Å². The van der Waals surface area contributed by atoms with Crippen LogP contribution in [0, 0.1) is 0 Å². The summed E-state index contributed by atoms with van der Waals surface area (Å²) in [4.78, 5) is 0. The fraction of sp³-hybridized carbons (Fsp3) is 0.571. The van der Waals surface area contributed by atoms with E-state index in [-0.39, 0.29) is 6.79 Å². The number of aliphatic hydroxyl groups excluding tert-OH is 1. The van der Waals surface area contributed by atoms with Gasteiger partial charge in [0.15, 0.2) is 17.1 Å². The second-order valence-electron chi connectivity index (χ2n) is 5.91. The molecular weight excluding hydrogens is 369 g/mol. The minimum Gasteiger partial charge on any atom is -0.453 e.